The smallest absolute Gasteiger partial charge is 0.119 e. The molecule has 0 bridgehead atoms. The molecule has 0 spiro atoms. The molecule has 0 amide bonds. The summed E-state index contributed by atoms with van der Waals surface area (Å²) in [6.45, 7) is 2.30. The fourth-order valence-corrected chi connectivity index (χ4v) is 2.66. The lowest BCUT2D eigenvalue weighted by molar-refractivity contribution is 0.223. The summed E-state index contributed by atoms with van der Waals surface area (Å²) in [5.41, 5.74) is 2.75. The molecule has 0 aliphatic heterocycles. The number of methoxy groups -OCH3 is 1. The Bertz CT molecular complexity index is 388. The molecule has 1 unspecified atom stereocenters. The van der Waals surface area contributed by atoms with Crippen molar-refractivity contribution in [3.63, 3.8) is 0 Å². The minimum absolute atomic E-state index is 0.187. The molecule has 0 saturated carbocycles. The fraction of sp³-hybridized carbons (Fsp3) is 0.600. The molecule has 1 aliphatic carbocycles. The predicted octanol–water partition coefficient (Wildman–Crippen LogP) is 2.43. The van der Waals surface area contributed by atoms with E-state index in [0.29, 0.717) is 6.04 Å². The molecule has 2 rings (SSSR count). The highest BCUT2D eigenvalue weighted by Gasteiger charge is 2.22. The number of aliphatic hydroxyl groups is 1. The second kappa shape index (κ2) is 6.21. The zero-order valence-corrected chi connectivity index (χ0v) is 11.3. The lowest BCUT2D eigenvalue weighted by Crippen LogP contribution is -2.36. The molecule has 0 saturated heterocycles. The van der Waals surface area contributed by atoms with Crippen LogP contribution >= 0.6 is 0 Å². The Morgan fingerprint density at radius 1 is 1.50 bits per heavy atom. The van der Waals surface area contributed by atoms with Crippen molar-refractivity contribution in [3.8, 4) is 5.75 Å². The van der Waals surface area contributed by atoms with E-state index in [0.717, 1.165) is 25.0 Å². The van der Waals surface area contributed by atoms with Gasteiger partial charge in [-0.15, -0.1) is 0 Å². The molecule has 1 aromatic carbocycles. The van der Waals surface area contributed by atoms with Gasteiger partial charge in [0.25, 0.3) is 0 Å². The number of rotatable bonds is 5. The monoisotopic (exact) mass is 249 g/mol. The van der Waals surface area contributed by atoms with Crippen LogP contribution in [0.5, 0.6) is 5.75 Å². The summed E-state index contributed by atoms with van der Waals surface area (Å²) in [6, 6.07) is 6.87. The predicted molar refractivity (Wildman–Crippen MR) is 73.0 cm³/mol. The van der Waals surface area contributed by atoms with Crippen LogP contribution in [0.4, 0.5) is 0 Å². The van der Waals surface area contributed by atoms with Crippen molar-refractivity contribution in [3.05, 3.63) is 29.3 Å². The average molecular weight is 249 g/mol. The Kier molecular flexibility index (Phi) is 4.61. The van der Waals surface area contributed by atoms with E-state index < -0.39 is 0 Å². The van der Waals surface area contributed by atoms with Gasteiger partial charge in [0.15, 0.2) is 0 Å². The molecule has 100 valence electrons. The molecule has 18 heavy (non-hydrogen) atoms. The number of benzene rings is 1. The van der Waals surface area contributed by atoms with Gasteiger partial charge in [0.2, 0.25) is 0 Å². The molecule has 3 nitrogen and oxygen atoms in total. The second-order valence-corrected chi connectivity index (χ2v) is 4.96. The van der Waals surface area contributed by atoms with Crippen molar-refractivity contribution >= 4 is 0 Å². The third-order valence-electron chi connectivity index (χ3n) is 3.82. The summed E-state index contributed by atoms with van der Waals surface area (Å²) in [5, 5.41) is 12.9. The van der Waals surface area contributed by atoms with Crippen molar-refractivity contribution in [2.24, 2.45) is 0 Å². The Hall–Kier alpha value is -1.06. The van der Waals surface area contributed by atoms with Crippen molar-refractivity contribution in [2.45, 2.75) is 44.7 Å². The maximum absolute atomic E-state index is 9.32. The van der Waals surface area contributed by atoms with Crippen molar-refractivity contribution in [1.82, 2.24) is 5.32 Å². The molecule has 0 heterocycles. The van der Waals surface area contributed by atoms with E-state index in [1.54, 1.807) is 7.11 Å². The van der Waals surface area contributed by atoms with Gasteiger partial charge in [-0.3, -0.25) is 0 Å². The molecule has 3 heteroatoms. The van der Waals surface area contributed by atoms with E-state index in [9.17, 15) is 5.11 Å². The zero-order valence-electron chi connectivity index (χ0n) is 11.3. The number of hydrogen-bond donors (Lipinski definition) is 2. The third-order valence-corrected chi connectivity index (χ3v) is 3.82. The van der Waals surface area contributed by atoms with Crippen LogP contribution in [0.1, 0.15) is 43.4 Å². The van der Waals surface area contributed by atoms with E-state index in [1.165, 1.54) is 17.5 Å². The minimum atomic E-state index is 0.187. The largest absolute Gasteiger partial charge is 0.497 e. The highest BCUT2D eigenvalue weighted by atomic mass is 16.5. The Morgan fingerprint density at radius 3 is 3.00 bits per heavy atom. The maximum atomic E-state index is 9.32. The van der Waals surface area contributed by atoms with Crippen LogP contribution in [0.3, 0.4) is 0 Å². The minimum Gasteiger partial charge on any atom is -0.497 e. The van der Waals surface area contributed by atoms with E-state index >= 15 is 0 Å². The Labute approximate surface area is 109 Å². The molecule has 0 radical (unpaired) electrons. The van der Waals surface area contributed by atoms with E-state index in [1.807, 2.05) is 6.07 Å². The number of aryl methyl sites for hydroxylation is 1. The van der Waals surface area contributed by atoms with Gasteiger partial charge in [-0.25, -0.2) is 0 Å². The average Bonchev–Trinajstić information content (AvgIpc) is 2.44. The molecule has 1 aliphatic rings. The molecule has 1 aromatic rings. The van der Waals surface area contributed by atoms with Gasteiger partial charge in [0, 0.05) is 12.1 Å². The summed E-state index contributed by atoms with van der Waals surface area (Å²) in [7, 11) is 1.70. The third kappa shape index (κ3) is 2.85. The van der Waals surface area contributed by atoms with Crippen LogP contribution in [0, 0.1) is 0 Å². The van der Waals surface area contributed by atoms with E-state index in [4.69, 9.17) is 4.74 Å². The molecular formula is C15H23NO2. The van der Waals surface area contributed by atoms with Crippen LogP contribution in [0.15, 0.2) is 18.2 Å². The van der Waals surface area contributed by atoms with E-state index in [-0.39, 0.29) is 12.6 Å². The maximum Gasteiger partial charge on any atom is 0.119 e. The van der Waals surface area contributed by atoms with Crippen LogP contribution in [-0.2, 0) is 6.42 Å². The molecular weight excluding hydrogens is 226 g/mol. The first-order chi connectivity index (χ1) is 8.78. The Morgan fingerprint density at radius 2 is 2.33 bits per heavy atom. The number of nitrogens with one attached hydrogen (secondary N) is 1. The highest BCUT2D eigenvalue weighted by Crippen LogP contribution is 2.32. The summed E-state index contributed by atoms with van der Waals surface area (Å²) < 4.78 is 5.31. The van der Waals surface area contributed by atoms with Crippen LogP contribution in [0.2, 0.25) is 0 Å². The van der Waals surface area contributed by atoms with Gasteiger partial charge in [-0.2, -0.15) is 0 Å². The number of ether oxygens (including phenoxy) is 1. The first-order valence-corrected chi connectivity index (χ1v) is 6.82. The molecule has 0 fully saturated rings. The van der Waals surface area contributed by atoms with Crippen LogP contribution in [0.25, 0.3) is 0 Å². The SMILES string of the molecule is CC[C@H](CO)NC1CCCc2ccc(OC)cc21. The second-order valence-electron chi connectivity index (χ2n) is 4.96. The summed E-state index contributed by atoms with van der Waals surface area (Å²) >= 11 is 0. The zero-order chi connectivity index (χ0) is 13.0. The van der Waals surface area contributed by atoms with E-state index in [2.05, 4.69) is 24.4 Å². The number of aliphatic hydroxyl groups excluding tert-OH is 1. The molecule has 0 aromatic heterocycles. The van der Waals surface area contributed by atoms with Gasteiger partial charge in [0.05, 0.1) is 13.7 Å². The van der Waals surface area contributed by atoms with Crippen LogP contribution in [-0.4, -0.2) is 24.9 Å². The standard InChI is InChI=1S/C15H23NO2/c1-3-12(10-17)16-15-6-4-5-11-7-8-13(18-2)9-14(11)15/h7-9,12,15-17H,3-6,10H2,1-2H3/t12-,15?/m1/s1. The van der Waals surface area contributed by atoms with Crippen LogP contribution < -0.4 is 10.1 Å². The van der Waals surface area contributed by atoms with Gasteiger partial charge in [0.1, 0.15) is 5.75 Å². The lowest BCUT2D eigenvalue weighted by atomic mass is 9.87. The first kappa shape index (κ1) is 13.4. The van der Waals surface area contributed by atoms with Crippen molar-refractivity contribution < 1.29 is 9.84 Å². The summed E-state index contributed by atoms with van der Waals surface area (Å²) in [6.07, 6.45) is 4.44. The fourth-order valence-electron chi connectivity index (χ4n) is 2.66. The quantitative estimate of drug-likeness (QED) is 0.842. The first-order valence-electron chi connectivity index (χ1n) is 6.82. The topological polar surface area (TPSA) is 41.5 Å². The van der Waals surface area contributed by atoms with Crippen molar-refractivity contribution in [2.75, 3.05) is 13.7 Å². The Balaban J connectivity index is 2.20. The van der Waals surface area contributed by atoms with Gasteiger partial charge in [-0.05, 0) is 48.9 Å². The highest BCUT2D eigenvalue weighted by molar-refractivity contribution is 5.39. The normalized spacial score (nSPS) is 20.3. The lowest BCUT2D eigenvalue weighted by Gasteiger charge is -2.30. The number of fused-ring (bicyclic) bond motifs is 1. The summed E-state index contributed by atoms with van der Waals surface area (Å²) in [4.78, 5) is 0. The molecule has 2 atom stereocenters. The van der Waals surface area contributed by atoms with Gasteiger partial charge in [-0.1, -0.05) is 13.0 Å². The van der Waals surface area contributed by atoms with Gasteiger partial charge >= 0.3 is 0 Å². The van der Waals surface area contributed by atoms with Crippen molar-refractivity contribution in [1.29, 1.82) is 0 Å². The van der Waals surface area contributed by atoms with Gasteiger partial charge < -0.3 is 15.2 Å². The molecule has 2 N–H and O–H groups in total. The number of hydrogen-bond acceptors (Lipinski definition) is 3. The summed E-state index contributed by atoms with van der Waals surface area (Å²) in [5.74, 6) is 0.916.